The normalized spacial score (nSPS) is 23.4. The Bertz CT molecular complexity index is 413. The number of halogens is 1. The van der Waals surface area contributed by atoms with Gasteiger partial charge >= 0.3 is 0 Å². The summed E-state index contributed by atoms with van der Waals surface area (Å²) in [6.45, 7) is 3.44. The van der Waals surface area contributed by atoms with E-state index in [1.165, 1.54) is 18.2 Å². The topological polar surface area (TPSA) is 29.1 Å². The molecule has 90 valence electrons. The van der Waals surface area contributed by atoms with Crippen LogP contribution < -0.4 is 5.32 Å². The molecule has 0 aromatic heterocycles. The van der Waals surface area contributed by atoms with E-state index in [2.05, 4.69) is 11.9 Å². The Hall–Kier alpha value is -1.64. The molecule has 2 unspecified atom stereocenters. The predicted octanol–water partition coefficient (Wildman–Crippen LogP) is 2.76. The summed E-state index contributed by atoms with van der Waals surface area (Å²) >= 11 is 0. The van der Waals surface area contributed by atoms with Gasteiger partial charge in [0.25, 0.3) is 0 Å². The Labute approximate surface area is 101 Å². The first kappa shape index (κ1) is 11.8. The van der Waals surface area contributed by atoms with Gasteiger partial charge < -0.3 is 5.32 Å². The maximum Gasteiger partial charge on any atom is 0.243 e. The van der Waals surface area contributed by atoms with Crippen molar-refractivity contribution in [1.29, 1.82) is 0 Å². The summed E-state index contributed by atoms with van der Waals surface area (Å²) in [6.07, 6.45) is 4.23. The molecular formula is C14H16FNO. The van der Waals surface area contributed by atoms with Gasteiger partial charge in [0.1, 0.15) is 5.82 Å². The third-order valence-electron chi connectivity index (χ3n) is 3.31. The van der Waals surface area contributed by atoms with E-state index in [-0.39, 0.29) is 17.8 Å². The van der Waals surface area contributed by atoms with Crippen molar-refractivity contribution in [2.75, 3.05) is 0 Å². The van der Waals surface area contributed by atoms with Crippen LogP contribution in [0.5, 0.6) is 0 Å². The average molecular weight is 233 g/mol. The highest BCUT2D eigenvalue weighted by atomic mass is 19.1. The monoisotopic (exact) mass is 233 g/mol. The third kappa shape index (κ3) is 2.93. The van der Waals surface area contributed by atoms with E-state index in [0.717, 1.165) is 24.8 Å². The summed E-state index contributed by atoms with van der Waals surface area (Å²) in [5.41, 5.74) is 1.15. The van der Waals surface area contributed by atoms with E-state index in [1.54, 1.807) is 0 Å². The number of hydrogen-bond donors (Lipinski definition) is 1. The van der Waals surface area contributed by atoms with E-state index < -0.39 is 0 Å². The van der Waals surface area contributed by atoms with Gasteiger partial charge in [-0.25, -0.2) is 4.39 Å². The van der Waals surface area contributed by atoms with Crippen LogP contribution in [-0.2, 0) is 4.79 Å². The van der Waals surface area contributed by atoms with Crippen molar-refractivity contribution < 1.29 is 9.18 Å². The zero-order valence-electron chi connectivity index (χ0n) is 9.66. The maximum absolute atomic E-state index is 12.8. The standard InChI is InChI=1S/C14H16FNO/c1-2-14(17)16-13-8-5-11(9-13)10-3-6-12(15)7-4-10/h2-4,6-7,11,13H,1,5,8-9H2,(H,16,17). The zero-order valence-corrected chi connectivity index (χ0v) is 9.66. The van der Waals surface area contributed by atoms with E-state index in [4.69, 9.17) is 0 Å². The lowest BCUT2D eigenvalue weighted by Gasteiger charge is -2.12. The quantitative estimate of drug-likeness (QED) is 0.799. The summed E-state index contributed by atoms with van der Waals surface area (Å²) in [4.78, 5) is 11.2. The van der Waals surface area contributed by atoms with E-state index >= 15 is 0 Å². The van der Waals surface area contributed by atoms with Gasteiger partial charge in [0.05, 0.1) is 0 Å². The second-order valence-corrected chi connectivity index (χ2v) is 4.47. The van der Waals surface area contributed by atoms with Crippen LogP contribution in [0, 0.1) is 5.82 Å². The Balaban J connectivity index is 1.95. The molecule has 1 fully saturated rings. The van der Waals surface area contributed by atoms with Crippen LogP contribution in [0.2, 0.25) is 0 Å². The minimum absolute atomic E-state index is 0.116. The van der Waals surface area contributed by atoms with Crippen molar-refractivity contribution in [1.82, 2.24) is 5.32 Å². The first-order chi connectivity index (χ1) is 8.19. The van der Waals surface area contributed by atoms with Gasteiger partial charge in [0.2, 0.25) is 5.91 Å². The molecule has 1 aliphatic rings. The van der Waals surface area contributed by atoms with E-state index in [9.17, 15) is 9.18 Å². The van der Waals surface area contributed by atoms with Crippen LogP contribution in [-0.4, -0.2) is 11.9 Å². The smallest absolute Gasteiger partial charge is 0.243 e. The van der Waals surface area contributed by atoms with Gasteiger partial charge in [-0.3, -0.25) is 4.79 Å². The van der Waals surface area contributed by atoms with Crippen LogP contribution in [0.4, 0.5) is 4.39 Å². The third-order valence-corrected chi connectivity index (χ3v) is 3.31. The molecule has 0 bridgehead atoms. The molecule has 1 N–H and O–H groups in total. The highest BCUT2D eigenvalue weighted by Crippen LogP contribution is 2.34. The van der Waals surface area contributed by atoms with Gasteiger partial charge in [-0.2, -0.15) is 0 Å². The molecule has 3 heteroatoms. The molecule has 1 aromatic carbocycles. The van der Waals surface area contributed by atoms with Gasteiger partial charge in [0.15, 0.2) is 0 Å². The lowest BCUT2D eigenvalue weighted by Crippen LogP contribution is -2.31. The average Bonchev–Trinajstić information content (AvgIpc) is 2.78. The Morgan fingerprint density at radius 2 is 2.06 bits per heavy atom. The van der Waals surface area contributed by atoms with Crippen LogP contribution in [0.25, 0.3) is 0 Å². The number of carbonyl (C=O) groups excluding carboxylic acids is 1. The number of rotatable bonds is 3. The summed E-state index contributed by atoms with van der Waals surface area (Å²) in [6, 6.07) is 6.86. The molecular weight excluding hydrogens is 217 g/mol. The minimum atomic E-state index is -0.205. The number of benzene rings is 1. The molecule has 2 nitrogen and oxygen atoms in total. The fourth-order valence-corrected chi connectivity index (χ4v) is 2.41. The molecule has 17 heavy (non-hydrogen) atoms. The van der Waals surface area contributed by atoms with Gasteiger partial charge in [-0.05, 0) is 49.0 Å². The van der Waals surface area contributed by atoms with E-state index in [0.29, 0.717) is 5.92 Å². The molecule has 1 aromatic rings. The summed E-state index contributed by atoms with van der Waals surface area (Å²) in [5.74, 6) is 0.101. The fourth-order valence-electron chi connectivity index (χ4n) is 2.41. The summed E-state index contributed by atoms with van der Waals surface area (Å²) < 4.78 is 12.8. The number of hydrogen-bond acceptors (Lipinski definition) is 1. The molecule has 0 heterocycles. The van der Waals surface area contributed by atoms with Crippen molar-refractivity contribution in [3.63, 3.8) is 0 Å². The highest BCUT2D eigenvalue weighted by molar-refractivity contribution is 5.87. The second-order valence-electron chi connectivity index (χ2n) is 4.47. The molecule has 0 aliphatic heterocycles. The van der Waals surface area contributed by atoms with Crippen molar-refractivity contribution >= 4 is 5.91 Å². The fraction of sp³-hybridized carbons (Fsp3) is 0.357. The molecule has 1 amide bonds. The van der Waals surface area contributed by atoms with Crippen molar-refractivity contribution in [2.45, 2.75) is 31.2 Å². The number of nitrogens with one attached hydrogen (secondary N) is 1. The molecule has 0 saturated heterocycles. The Kier molecular flexibility index (Phi) is 3.57. The molecule has 2 atom stereocenters. The van der Waals surface area contributed by atoms with E-state index in [1.807, 2.05) is 12.1 Å². The molecule has 1 aliphatic carbocycles. The molecule has 0 radical (unpaired) electrons. The number of amides is 1. The molecule has 1 saturated carbocycles. The first-order valence-electron chi connectivity index (χ1n) is 5.87. The number of carbonyl (C=O) groups is 1. The van der Waals surface area contributed by atoms with Crippen molar-refractivity contribution in [3.05, 3.63) is 48.3 Å². The summed E-state index contributed by atoms with van der Waals surface area (Å²) in [7, 11) is 0. The van der Waals surface area contributed by atoms with Crippen molar-refractivity contribution in [3.8, 4) is 0 Å². The highest BCUT2D eigenvalue weighted by Gasteiger charge is 2.26. The van der Waals surface area contributed by atoms with Crippen LogP contribution in [0.15, 0.2) is 36.9 Å². The maximum atomic E-state index is 12.8. The lowest BCUT2D eigenvalue weighted by molar-refractivity contribution is -0.117. The second kappa shape index (κ2) is 5.13. The minimum Gasteiger partial charge on any atom is -0.350 e. The predicted molar refractivity (Wildman–Crippen MR) is 65.1 cm³/mol. The van der Waals surface area contributed by atoms with Crippen molar-refractivity contribution in [2.24, 2.45) is 0 Å². The Morgan fingerprint density at radius 1 is 1.35 bits per heavy atom. The first-order valence-corrected chi connectivity index (χ1v) is 5.87. The lowest BCUT2D eigenvalue weighted by atomic mass is 9.97. The van der Waals surface area contributed by atoms with Gasteiger partial charge in [-0.15, -0.1) is 0 Å². The SMILES string of the molecule is C=CC(=O)NC1CCC(c2ccc(F)cc2)C1. The molecule has 2 rings (SSSR count). The summed E-state index contributed by atoms with van der Waals surface area (Å²) in [5, 5.41) is 2.91. The van der Waals surface area contributed by atoms with Crippen LogP contribution >= 0.6 is 0 Å². The Morgan fingerprint density at radius 3 is 2.71 bits per heavy atom. The van der Waals surface area contributed by atoms with Gasteiger partial charge in [0, 0.05) is 6.04 Å². The van der Waals surface area contributed by atoms with Crippen LogP contribution in [0.3, 0.4) is 0 Å². The molecule has 0 spiro atoms. The largest absolute Gasteiger partial charge is 0.350 e. The van der Waals surface area contributed by atoms with Crippen LogP contribution in [0.1, 0.15) is 30.7 Å². The zero-order chi connectivity index (χ0) is 12.3. The van der Waals surface area contributed by atoms with Gasteiger partial charge in [-0.1, -0.05) is 18.7 Å².